The molecule has 0 atom stereocenters. The summed E-state index contributed by atoms with van der Waals surface area (Å²) in [5, 5.41) is 4.36. The number of fused-ring (bicyclic) bond motifs is 1. The van der Waals surface area contributed by atoms with Gasteiger partial charge in [-0.15, -0.1) is 5.10 Å². The number of rotatable bonds is 12. The summed E-state index contributed by atoms with van der Waals surface area (Å²) in [6.45, 7) is 2.84. The predicted octanol–water partition coefficient (Wildman–Crippen LogP) is 4.85. The van der Waals surface area contributed by atoms with Crippen molar-refractivity contribution in [1.29, 1.82) is 0 Å². The zero-order valence-electron chi connectivity index (χ0n) is 21.5. The molecule has 0 N–H and O–H groups in total. The van der Waals surface area contributed by atoms with Crippen molar-refractivity contribution in [3.63, 3.8) is 0 Å². The number of hydrogen-bond donors (Lipinski definition) is 0. The van der Waals surface area contributed by atoms with Gasteiger partial charge < -0.3 is 18.9 Å². The Morgan fingerprint density at radius 1 is 0.865 bits per heavy atom. The van der Waals surface area contributed by atoms with Crippen LogP contribution in [-0.2, 0) is 0 Å². The molecule has 0 unspecified atom stereocenters. The van der Waals surface area contributed by atoms with Crippen molar-refractivity contribution in [2.45, 2.75) is 32.6 Å². The van der Waals surface area contributed by atoms with Gasteiger partial charge in [-0.05, 0) is 54.0 Å². The number of thiazole rings is 1. The first-order valence-corrected chi connectivity index (χ1v) is 13.0. The van der Waals surface area contributed by atoms with Crippen LogP contribution in [0.5, 0.6) is 23.0 Å². The molecular formula is C28H31N3O5S. The van der Waals surface area contributed by atoms with E-state index in [4.69, 9.17) is 18.9 Å². The van der Waals surface area contributed by atoms with Gasteiger partial charge in [-0.2, -0.15) is 9.50 Å². The average Bonchev–Trinajstić information content (AvgIpc) is 3.45. The number of unbranched alkanes of at least 4 members (excludes halogenated alkanes) is 3. The first-order valence-electron chi connectivity index (χ1n) is 12.2. The minimum atomic E-state index is -0.214. The molecule has 0 aliphatic carbocycles. The van der Waals surface area contributed by atoms with E-state index in [0.717, 1.165) is 24.0 Å². The molecule has 9 heteroatoms. The first-order chi connectivity index (χ1) is 18.1. The molecule has 4 aromatic rings. The van der Waals surface area contributed by atoms with Crippen LogP contribution in [0.3, 0.4) is 0 Å². The van der Waals surface area contributed by atoms with Gasteiger partial charge in [-0.3, -0.25) is 4.79 Å². The standard InChI is InChI=1S/C28H31N3O5S/c1-5-6-7-8-15-36-22-13-10-20(17-24(22)35-4)18-25-27(32)31-28(37-25)29-26(30-31)14-11-19-9-12-21(33-2)23(16-19)34-3/h9-14,16-18H,5-8,15H2,1-4H3. The Kier molecular flexibility index (Phi) is 8.79. The van der Waals surface area contributed by atoms with E-state index in [9.17, 15) is 4.79 Å². The highest BCUT2D eigenvalue weighted by molar-refractivity contribution is 7.15. The molecule has 0 spiro atoms. The lowest BCUT2D eigenvalue weighted by Crippen LogP contribution is -2.23. The molecular weight excluding hydrogens is 490 g/mol. The van der Waals surface area contributed by atoms with Crippen molar-refractivity contribution in [1.82, 2.24) is 14.6 Å². The first kappa shape index (κ1) is 26.2. The molecule has 37 heavy (non-hydrogen) atoms. The van der Waals surface area contributed by atoms with E-state index >= 15 is 0 Å². The maximum absolute atomic E-state index is 13.0. The summed E-state index contributed by atoms with van der Waals surface area (Å²) in [5.41, 5.74) is 1.52. The summed E-state index contributed by atoms with van der Waals surface area (Å²) >= 11 is 1.29. The molecule has 0 radical (unpaired) electrons. The normalized spacial score (nSPS) is 11.9. The van der Waals surface area contributed by atoms with Crippen LogP contribution in [0.2, 0.25) is 0 Å². The summed E-state index contributed by atoms with van der Waals surface area (Å²) in [4.78, 5) is 18.0. The van der Waals surface area contributed by atoms with Gasteiger partial charge in [-0.1, -0.05) is 55.7 Å². The minimum absolute atomic E-state index is 0.214. The van der Waals surface area contributed by atoms with Crippen LogP contribution in [0.15, 0.2) is 41.2 Å². The molecule has 0 saturated carbocycles. The van der Waals surface area contributed by atoms with E-state index in [0.29, 0.717) is 44.9 Å². The largest absolute Gasteiger partial charge is 0.493 e. The smallest absolute Gasteiger partial charge is 0.291 e. The van der Waals surface area contributed by atoms with Gasteiger partial charge in [0, 0.05) is 0 Å². The molecule has 8 nitrogen and oxygen atoms in total. The maximum Gasteiger partial charge on any atom is 0.291 e. The van der Waals surface area contributed by atoms with Crippen LogP contribution in [0.4, 0.5) is 0 Å². The van der Waals surface area contributed by atoms with Crippen LogP contribution in [0.1, 0.15) is 49.6 Å². The van der Waals surface area contributed by atoms with Crippen molar-refractivity contribution >= 4 is 34.5 Å². The molecule has 0 aliphatic rings. The highest BCUT2D eigenvalue weighted by atomic mass is 32.1. The van der Waals surface area contributed by atoms with Gasteiger partial charge in [0.1, 0.15) is 0 Å². The minimum Gasteiger partial charge on any atom is -0.493 e. The summed E-state index contributed by atoms with van der Waals surface area (Å²) in [6.07, 6.45) is 10.00. The molecule has 0 aliphatic heterocycles. The van der Waals surface area contributed by atoms with Crippen molar-refractivity contribution in [2.75, 3.05) is 27.9 Å². The van der Waals surface area contributed by atoms with E-state index in [2.05, 4.69) is 17.0 Å². The molecule has 2 aromatic carbocycles. The molecule has 0 saturated heterocycles. The van der Waals surface area contributed by atoms with Gasteiger partial charge in [0.25, 0.3) is 5.56 Å². The van der Waals surface area contributed by atoms with Crippen LogP contribution in [-0.4, -0.2) is 42.5 Å². The van der Waals surface area contributed by atoms with Crippen molar-refractivity contribution in [3.05, 3.63) is 68.2 Å². The summed E-state index contributed by atoms with van der Waals surface area (Å²) < 4.78 is 23.9. The molecule has 2 aromatic heterocycles. The number of methoxy groups -OCH3 is 3. The predicted molar refractivity (Wildman–Crippen MR) is 147 cm³/mol. The molecule has 0 fully saturated rings. The van der Waals surface area contributed by atoms with Crippen LogP contribution in [0.25, 0.3) is 23.2 Å². The fourth-order valence-corrected chi connectivity index (χ4v) is 4.72. The topological polar surface area (TPSA) is 84.2 Å². The Balaban J connectivity index is 1.51. The number of hydrogen-bond acceptors (Lipinski definition) is 8. The van der Waals surface area contributed by atoms with Gasteiger partial charge >= 0.3 is 0 Å². The second kappa shape index (κ2) is 12.4. The average molecular weight is 522 g/mol. The van der Waals surface area contributed by atoms with E-state index in [1.165, 1.54) is 28.7 Å². The van der Waals surface area contributed by atoms with E-state index in [-0.39, 0.29) is 5.56 Å². The third-order valence-electron chi connectivity index (χ3n) is 5.77. The summed E-state index contributed by atoms with van der Waals surface area (Å²) in [7, 11) is 4.80. The Morgan fingerprint density at radius 2 is 1.57 bits per heavy atom. The van der Waals surface area contributed by atoms with Crippen LogP contribution >= 0.6 is 11.3 Å². The third kappa shape index (κ3) is 6.29. The van der Waals surface area contributed by atoms with Crippen LogP contribution in [0, 0.1) is 0 Å². The molecule has 0 amide bonds. The van der Waals surface area contributed by atoms with Crippen molar-refractivity contribution in [3.8, 4) is 23.0 Å². The zero-order chi connectivity index (χ0) is 26.2. The van der Waals surface area contributed by atoms with Gasteiger partial charge in [0.05, 0.1) is 32.5 Å². The van der Waals surface area contributed by atoms with E-state index in [1.54, 1.807) is 27.4 Å². The SMILES string of the molecule is CCCCCCOc1ccc(C=c2sc3nc(C=Cc4ccc(OC)c(OC)c4)nn3c2=O)cc1OC. The Morgan fingerprint density at radius 3 is 2.30 bits per heavy atom. The van der Waals surface area contributed by atoms with Gasteiger partial charge in [0.15, 0.2) is 28.8 Å². The lowest BCUT2D eigenvalue weighted by atomic mass is 10.2. The number of aromatic nitrogens is 3. The summed E-state index contributed by atoms with van der Waals surface area (Å²) in [5.74, 6) is 3.08. The fraction of sp³-hybridized carbons (Fsp3) is 0.321. The molecule has 2 heterocycles. The lowest BCUT2D eigenvalue weighted by molar-refractivity contribution is 0.285. The molecule has 194 valence electrons. The summed E-state index contributed by atoms with van der Waals surface area (Å²) in [6, 6.07) is 11.3. The van der Waals surface area contributed by atoms with Crippen LogP contribution < -0.4 is 29.0 Å². The van der Waals surface area contributed by atoms with E-state index in [1.807, 2.05) is 48.6 Å². The zero-order valence-corrected chi connectivity index (χ0v) is 22.3. The third-order valence-corrected chi connectivity index (χ3v) is 6.73. The number of nitrogens with zero attached hydrogens (tertiary/aromatic N) is 3. The van der Waals surface area contributed by atoms with Gasteiger partial charge in [0.2, 0.25) is 4.96 Å². The van der Waals surface area contributed by atoms with Gasteiger partial charge in [-0.25, -0.2) is 0 Å². The highest BCUT2D eigenvalue weighted by Crippen LogP contribution is 2.29. The lowest BCUT2D eigenvalue weighted by Gasteiger charge is -2.11. The molecule has 0 bridgehead atoms. The second-order valence-corrected chi connectivity index (χ2v) is 9.36. The number of ether oxygens (including phenoxy) is 4. The fourth-order valence-electron chi connectivity index (χ4n) is 3.80. The van der Waals surface area contributed by atoms with Crippen molar-refractivity contribution < 1.29 is 18.9 Å². The monoisotopic (exact) mass is 521 g/mol. The highest BCUT2D eigenvalue weighted by Gasteiger charge is 2.11. The Bertz CT molecular complexity index is 1490. The van der Waals surface area contributed by atoms with E-state index < -0.39 is 0 Å². The number of benzene rings is 2. The second-order valence-electron chi connectivity index (χ2n) is 8.35. The quantitative estimate of drug-likeness (QED) is 0.246. The molecule has 4 rings (SSSR count). The Hall–Kier alpha value is -3.85. The Labute approximate surface area is 219 Å². The van der Waals surface area contributed by atoms with Crippen molar-refractivity contribution in [2.24, 2.45) is 0 Å². The maximum atomic E-state index is 13.0.